The first-order chi connectivity index (χ1) is 13.3. The SMILES string of the molecule is Fc1ccccc1-c1nnc2ccc(N3CCOC(c4ccco4)C3)nn12. The third kappa shape index (κ3) is 2.83. The number of halogens is 1. The van der Waals surface area contributed by atoms with E-state index in [0.29, 0.717) is 36.7 Å². The molecule has 1 fully saturated rings. The number of hydrogen-bond acceptors (Lipinski definition) is 6. The van der Waals surface area contributed by atoms with Crippen LogP contribution in [-0.4, -0.2) is 39.5 Å². The quantitative estimate of drug-likeness (QED) is 0.556. The molecule has 0 spiro atoms. The van der Waals surface area contributed by atoms with E-state index in [4.69, 9.17) is 9.15 Å². The summed E-state index contributed by atoms with van der Waals surface area (Å²) in [5.74, 6) is 1.56. The highest BCUT2D eigenvalue weighted by atomic mass is 19.1. The van der Waals surface area contributed by atoms with Crippen molar-refractivity contribution in [3.05, 3.63) is 66.4 Å². The van der Waals surface area contributed by atoms with E-state index in [1.165, 1.54) is 6.07 Å². The van der Waals surface area contributed by atoms with Gasteiger partial charge < -0.3 is 14.1 Å². The Bertz CT molecular complexity index is 1080. The summed E-state index contributed by atoms with van der Waals surface area (Å²) in [6, 6.07) is 13.9. The smallest absolute Gasteiger partial charge is 0.188 e. The monoisotopic (exact) mass is 365 g/mol. The molecule has 7 nitrogen and oxygen atoms in total. The van der Waals surface area contributed by atoms with Gasteiger partial charge in [0.1, 0.15) is 23.5 Å². The van der Waals surface area contributed by atoms with Gasteiger partial charge in [0.25, 0.3) is 0 Å². The van der Waals surface area contributed by atoms with E-state index in [0.717, 1.165) is 11.6 Å². The summed E-state index contributed by atoms with van der Waals surface area (Å²) < 4.78 is 27.0. The Kier molecular flexibility index (Phi) is 3.83. The Morgan fingerprint density at radius 2 is 1.96 bits per heavy atom. The van der Waals surface area contributed by atoms with E-state index >= 15 is 0 Å². The zero-order chi connectivity index (χ0) is 18.2. The topological polar surface area (TPSA) is 68.7 Å². The van der Waals surface area contributed by atoms with Crippen molar-refractivity contribution in [3.63, 3.8) is 0 Å². The summed E-state index contributed by atoms with van der Waals surface area (Å²) in [6.45, 7) is 1.88. The van der Waals surface area contributed by atoms with E-state index in [2.05, 4.69) is 20.2 Å². The van der Waals surface area contributed by atoms with Gasteiger partial charge in [-0.2, -0.15) is 4.52 Å². The average Bonchev–Trinajstić information content (AvgIpc) is 3.38. The van der Waals surface area contributed by atoms with Crippen molar-refractivity contribution < 1.29 is 13.5 Å². The molecule has 1 saturated heterocycles. The molecule has 1 aromatic carbocycles. The van der Waals surface area contributed by atoms with Crippen molar-refractivity contribution in [2.45, 2.75) is 6.10 Å². The lowest BCUT2D eigenvalue weighted by Crippen LogP contribution is -2.39. The third-order valence-electron chi connectivity index (χ3n) is 4.61. The zero-order valence-corrected chi connectivity index (χ0v) is 14.3. The molecule has 1 atom stereocenters. The van der Waals surface area contributed by atoms with E-state index in [1.54, 1.807) is 29.0 Å². The molecule has 5 rings (SSSR count). The van der Waals surface area contributed by atoms with Crippen molar-refractivity contribution in [3.8, 4) is 11.4 Å². The van der Waals surface area contributed by atoms with Crippen LogP contribution in [0.15, 0.2) is 59.2 Å². The molecule has 8 heteroatoms. The molecule has 1 unspecified atom stereocenters. The van der Waals surface area contributed by atoms with Gasteiger partial charge in [0.05, 0.1) is 25.0 Å². The molecule has 0 amide bonds. The molecule has 136 valence electrons. The number of benzene rings is 1. The lowest BCUT2D eigenvalue weighted by atomic mass is 10.2. The molecule has 27 heavy (non-hydrogen) atoms. The maximum absolute atomic E-state index is 14.2. The molecule has 0 saturated carbocycles. The second kappa shape index (κ2) is 6.48. The van der Waals surface area contributed by atoms with Crippen LogP contribution in [0.2, 0.25) is 0 Å². The Labute approximate surface area is 154 Å². The van der Waals surface area contributed by atoms with Gasteiger partial charge in [0.2, 0.25) is 0 Å². The van der Waals surface area contributed by atoms with Gasteiger partial charge in [-0.15, -0.1) is 15.3 Å². The Balaban J connectivity index is 1.51. The predicted molar refractivity (Wildman–Crippen MR) is 95.8 cm³/mol. The number of rotatable bonds is 3. The van der Waals surface area contributed by atoms with Crippen LogP contribution in [0.3, 0.4) is 0 Å². The summed E-state index contributed by atoms with van der Waals surface area (Å²) in [5, 5.41) is 12.9. The minimum Gasteiger partial charge on any atom is -0.467 e. The van der Waals surface area contributed by atoms with Crippen LogP contribution < -0.4 is 4.90 Å². The largest absolute Gasteiger partial charge is 0.467 e. The number of hydrogen-bond donors (Lipinski definition) is 0. The van der Waals surface area contributed by atoms with Crippen LogP contribution in [0.4, 0.5) is 10.2 Å². The number of nitrogens with zero attached hydrogens (tertiary/aromatic N) is 5. The summed E-state index contributed by atoms with van der Waals surface area (Å²) >= 11 is 0. The fourth-order valence-corrected chi connectivity index (χ4v) is 3.26. The Morgan fingerprint density at radius 3 is 2.81 bits per heavy atom. The molecule has 4 heterocycles. The van der Waals surface area contributed by atoms with Gasteiger partial charge in [-0.25, -0.2) is 4.39 Å². The zero-order valence-electron chi connectivity index (χ0n) is 14.3. The van der Waals surface area contributed by atoms with Crippen molar-refractivity contribution in [2.75, 3.05) is 24.6 Å². The minimum atomic E-state index is -0.358. The van der Waals surface area contributed by atoms with Gasteiger partial charge in [-0.05, 0) is 36.4 Å². The Hall–Kier alpha value is -3.26. The molecule has 4 aromatic rings. The summed E-state index contributed by atoms with van der Waals surface area (Å²) in [7, 11) is 0. The first-order valence-corrected chi connectivity index (χ1v) is 8.67. The molecule has 0 radical (unpaired) electrons. The van der Waals surface area contributed by atoms with E-state index in [9.17, 15) is 4.39 Å². The summed E-state index contributed by atoms with van der Waals surface area (Å²) in [5.41, 5.74) is 0.929. The molecule has 0 aliphatic carbocycles. The highest BCUT2D eigenvalue weighted by molar-refractivity contribution is 5.60. The number of anilines is 1. The molecular weight excluding hydrogens is 349 g/mol. The summed E-state index contributed by atoms with van der Waals surface area (Å²) in [4.78, 5) is 2.11. The lowest BCUT2D eigenvalue weighted by molar-refractivity contribution is 0.0254. The maximum Gasteiger partial charge on any atom is 0.188 e. The van der Waals surface area contributed by atoms with Gasteiger partial charge in [0.15, 0.2) is 11.5 Å². The standard InChI is InChI=1S/C19H16FN5O2/c20-14-5-2-1-4-13(14)19-22-21-17-7-8-18(23-25(17)19)24-9-11-27-16(12-24)15-6-3-10-26-15/h1-8,10,16H,9,11-12H2. The predicted octanol–water partition coefficient (Wildman–Crippen LogP) is 3.10. The fraction of sp³-hybridized carbons (Fsp3) is 0.211. The Morgan fingerprint density at radius 1 is 1.04 bits per heavy atom. The van der Waals surface area contributed by atoms with E-state index in [1.807, 2.05) is 24.3 Å². The van der Waals surface area contributed by atoms with Crippen LogP contribution in [0.1, 0.15) is 11.9 Å². The highest BCUT2D eigenvalue weighted by Crippen LogP contribution is 2.26. The molecular formula is C19H16FN5O2. The van der Waals surface area contributed by atoms with Crippen LogP contribution in [-0.2, 0) is 4.74 Å². The first kappa shape index (κ1) is 16.0. The number of aromatic nitrogens is 4. The third-order valence-corrected chi connectivity index (χ3v) is 4.61. The van der Waals surface area contributed by atoms with Gasteiger partial charge in [-0.3, -0.25) is 0 Å². The maximum atomic E-state index is 14.2. The number of furan rings is 1. The van der Waals surface area contributed by atoms with Gasteiger partial charge in [-0.1, -0.05) is 12.1 Å². The van der Waals surface area contributed by atoms with Crippen molar-refractivity contribution in [2.24, 2.45) is 0 Å². The average molecular weight is 365 g/mol. The van der Waals surface area contributed by atoms with E-state index in [-0.39, 0.29) is 11.9 Å². The van der Waals surface area contributed by atoms with E-state index < -0.39 is 0 Å². The van der Waals surface area contributed by atoms with Crippen LogP contribution >= 0.6 is 0 Å². The normalized spacial score (nSPS) is 17.5. The highest BCUT2D eigenvalue weighted by Gasteiger charge is 2.25. The van der Waals surface area contributed by atoms with Crippen LogP contribution in [0.25, 0.3) is 17.0 Å². The van der Waals surface area contributed by atoms with Crippen LogP contribution in [0, 0.1) is 5.82 Å². The lowest BCUT2D eigenvalue weighted by Gasteiger charge is -2.32. The number of ether oxygens (including phenoxy) is 1. The fourth-order valence-electron chi connectivity index (χ4n) is 3.26. The first-order valence-electron chi connectivity index (χ1n) is 8.67. The van der Waals surface area contributed by atoms with Crippen LogP contribution in [0.5, 0.6) is 0 Å². The van der Waals surface area contributed by atoms with Crippen molar-refractivity contribution >= 4 is 11.5 Å². The second-order valence-electron chi connectivity index (χ2n) is 6.29. The van der Waals surface area contributed by atoms with Crippen molar-refractivity contribution in [1.82, 2.24) is 19.8 Å². The number of morpholine rings is 1. The summed E-state index contributed by atoms with van der Waals surface area (Å²) in [6.07, 6.45) is 1.48. The van der Waals surface area contributed by atoms with Gasteiger partial charge in [0, 0.05) is 6.54 Å². The molecule has 3 aromatic heterocycles. The molecule has 0 N–H and O–H groups in total. The minimum absolute atomic E-state index is 0.154. The molecule has 1 aliphatic rings. The van der Waals surface area contributed by atoms with Gasteiger partial charge >= 0.3 is 0 Å². The van der Waals surface area contributed by atoms with Crippen molar-refractivity contribution in [1.29, 1.82) is 0 Å². The number of fused-ring (bicyclic) bond motifs is 1. The molecule has 1 aliphatic heterocycles. The molecule has 0 bridgehead atoms. The second-order valence-corrected chi connectivity index (χ2v) is 6.29.